The van der Waals surface area contributed by atoms with Gasteiger partial charge in [0.25, 0.3) is 0 Å². The molecule has 2 aromatic heterocycles. The summed E-state index contributed by atoms with van der Waals surface area (Å²) in [5.74, 6) is 2.55. The maximum Gasteiger partial charge on any atom is 0.172 e. The Morgan fingerprint density at radius 2 is 2.00 bits per heavy atom. The lowest BCUT2D eigenvalue weighted by Crippen LogP contribution is -2.35. The molecule has 1 aromatic carbocycles. The lowest BCUT2D eigenvalue weighted by molar-refractivity contribution is 0.788. The first kappa shape index (κ1) is 13.7. The van der Waals surface area contributed by atoms with Crippen LogP contribution in [-0.2, 0) is 0 Å². The van der Waals surface area contributed by atoms with E-state index in [0.29, 0.717) is 0 Å². The second-order valence-electron chi connectivity index (χ2n) is 5.35. The van der Waals surface area contributed by atoms with E-state index >= 15 is 0 Å². The summed E-state index contributed by atoms with van der Waals surface area (Å²) in [6, 6.07) is 8.07. The molecule has 0 saturated carbocycles. The Labute approximate surface area is 133 Å². The zero-order valence-electron chi connectivity index (χ0n) is 12.8. The molecule has 3 aromatic rings. The Hall–Kier alpha value is -2.96. The molecule has 0 unspecified atom stereocenters. The Balaban J connectivity index is 1.68. The molecule has 4 rings (SSSR count). The quantitative estimate of drug-likeness (QED) is 0.772. The van der Waals surface area contributed by atoms with Crippen molar-refractivity contribution in [2.45, 2.75) is 6.92 Å². The van der Waals surface area contributed by atoms with Crippen molar-refractivity contribution in [2.24, 2.45) is 0 Å². The second kappa shape index (κ2) is 5.68. The highest BCUT2D eigenvalue weighted by Gasteiger charge is 2.18. The molecule has 1 aliphatic heterocycles. The van der Waals surface area contributed by atoms with Crippen molar-refractivity contribution in [1.29, 1.82) is 0 Å². The number of nitrogens with zero attached hydrogens (tertiary/aromatic N) is 5. The average Bonchev–Trinajstić information content (AvgIpc) is 3.15. The van der Waals surface area contributed by atoms with Gasteiger partial charge in [-0.15, -0.1) is 10.2 Å². The summed E-state index contributed by atoms with van der Waals surface area (Å²) >= 11 is 0. The van der Waals surface area contributed by atoms with Gasteiger partial charge in [-0.05, 0) is 6.92 Å². The summed E-state index contributed by atoms with van der Waals surface area (Å²) in [4.78, 5) is 14.6. The highest BCUT2D eigenvalue weighted by atomic mass is 15.3. The van der Waals surface area contributed by atoms with Crippen molar-refractivity contribution in [2.75, 3.05) is 29.9 Å². The Bertz CT molecular complexity index is 796. The normalized spacial score (nSPS) is 13.5. The molecule has 2 N–H and O–H groups in total. The fourth-order valence-corrected chi connectivity index (χ4v) is 2.73. The van der Waals surface area contributed by atoms with E-state index in [4.69, 9.17) is 4.98 Å². The molecule has 0 fully saturated rings. The van der Waals surface area contributed by atoms with Crippen LogP contribution in [-0.4, -0.2) is 44.8 Å². The minimum atomic E-state index is 0.759. The molecule has 0 bridgehead atoms. The Kier molecular flexibility index (Phi) is 3.38. The molecule has 3 heterocycles. The van der Waals surface area contributed by atoms with E-state index in [1.807, 2.05) is 30.5 Å². The Morgan fingerprint density at radius 1 is 1.17 bits per heavy atom. The van der Waals surface area contributed by atoms with E-state index in [0.717, 1.165) is 53.9 Å². The van der Waals surface area contributed by atoms with Gasteiger partial charge in [-0.3, -0.25) is 0 Å². The first-order valence-corrected chi connectivity index (χ1v) is 7.68. The number of benzene rings is 1. The van der Waals surface area contributed by atoms with Gasteiger partial charge in [0.2, 0.25) is 0 Å². The number of likely N-dealkylation sites (N-methyl/N-ethyl adjacent to an activating group) is 1. The number of nitrogens with one attached hydrogen (secondary N) is 2. The lowest BCUT2D eigenvalue weighted by Gasteiger charge is -2.29. The molecule has 1 aliphatic rings. The highest BCUT2D eigenvalue weighted by Crippen LogP contribution is 2.28. The van der Waals surface area contributed by atoms with Crippen molar-refractivity contribution in [3.8, 4) is 22.6 Å². The molecule has 23 heavy (non-hydrogen) atoms. The van der Waals surface area contributed by atoms with Crippen molar-refractivity contribution >= 4 is 11.6 Å². The van der Waals surface area contributed by atoms with E-state index in [1.165, 1.54) is 0 Å². The third-order valence-corrected chi connectivity index (χ3v) is 3.98. The van der Waals surface area contributed by atoms with E-state index in [9.17, 15) is 0 Å². The predicted octanol–water partition coefficient (Wildman–Crippen LogP) is 2.18. The number of hydrogen-bond donors (Lipinski definition) is 2. The molecule has 7 nitrogen and oxygen atoms in total. The van der Waals surface area contributed by atoms with Gasteiger partial charge >= 0.3 is 0 Å². The number of aromatic amines is 1. The third kappa shape index (κ3) is 2.50. The fourth-order valence-electron chi connectivity index (χ4n) is 2.73. The van der Waals surface area contributed by atoms with E-state index in [-0.39, 0.29) is 0 Å². The van der Waals surface area contributed by atoms with Gasteiger partial charge in [-0.2, -0.15) is 0 Å². The van der Waals surface area contributed by atoms with Crippen molar-refractivity contribution in [3.05, 3.63) is 36.8 Å². The van der Waals surface area contributed by atoms with Gasteiger partial charge in [0.15, 0.2) is 17.5 Å². The topological polar surface area (TPSA) is 82.6 Å². The molecule has 0 radical (unpaired) electrons. The average molecular weight is 307 g/mol. The zero-order valence-corrected chi connectivity index (χ0v) is 12.8. The molecule has 7 heteroatoms. The highest BCUT2D eigenvalue weighted by molar-refractivity contribution is 5.70. The molecule has 0 aliphatic carbocycles. The molecule has 0 amide bonds. The second-order valence-corrected chi connectivity index (χ2v) is 5.35. The van der Waals surface area contributed by atoms with Crippen molar-refractivity contribution in [3.63, 3.8) is 0 Å². The summed E-state index contributed by atoms with van der Waals surface area (Å²) in [5, 5.41) is 11.1. The standard InChI is InChI=1S/C16H17N7/c1-2-23-8-7-17-15-16(23)21-13(9-18-15)11-3-5-12(6-4-11)14-19-10-20-22-14/h3-6,9-10H,2,7-8H2,1H3,(H,17,18)(H,19,20,22). The van der Waals surface area contributed by atoms with Crippen LogP contribution < -0.4 is 10.2 Å². The van der Waals surface area contributed by atoms with Crippen LogP contribution in [0.3, 0.4) is 0 Å². The van der Waals surface area contributed by atoms with E-state index in [2.05, 4.69) is 37.3 Å². The third-order valence-electron chi connectivity index (χ3n) is 3.98. The van der Waals surface area contributed by atoms with Crippen LogP contribution in [0, 0.1) is 0 Å². The molecular formula is C16H17N7. The van der Waals surface area contributed by atoms with Crippen LogP contribution in [0.2, 0.25) is 0 Å². The number of fused-ring (bicyclic) bond motifs is 1. The van der Waals surface area contributed by atoms with Gasteiger partial charge in [-0.25, -0.2) is 9.97 Å². The van der Waals surface area contributed by atoms with E-state index < -0.39 is 0 Å². The minimum absolute atomic E-state index is 0.759. The van der Waals surface area contributed by atoms with Crippen LogP contribution in [0.4, 0.5) is 11.6 Å². The molecule has 0 saturated heterocycles. The van der Waals surface area contributed by atoms with E-state index in [1.54, 1.807) is 6.33 Å². The van der Waals surface area contributed by atoms with Crippen LogP contribution in [0.1, 0.15) is 6.92 Å². The number of rotatable bonds is 3. The van der Waals surface area contributed by atoms with Gasteiger partial charge in [-0.1, -0.05) is 24.3 Å². The minimum Gasteiger partial charge on any atom is -0.365 e. The summed E-state index contributed by atoms with van der Waals surface area (Å²) in [6.07, 6.45) is 3.39. The van der Waals surface area contributed by atoms with Crippen LogP contribution in [0.15, 0.2) is 36.8 Å². The van der Waals surface area contributed by atoms with Crippen LogP contribution in [0.25, 0.3) is 22.6 Å². The molecule has 0 spiro atoms. The summed E-state index contributed by atoms with van der Waals surface area (Å²) < 4.78 is 0. The van der Waals surface area contributed by atoms with Crippen molar-refractivity contribution < 1.29 is 0 Å². The lowest BCUT2D eigenvalue weighted by atomic mass is 10.1. The first-order chi connectivity index (χ1) is 11.3. The van der Waals surface area contributed by atoms with Crippen LogP contribution >= 0.6 is 0 Å². The number of anilines is 2. The number of hydrogen-bond acceptors (Lipinski definition) is 6. The zero-order chi connectivity index (χ0) is 15.6. The maximum atomic E-state index is 4.79. The fraction of sp³-hybridized carbons (Fsp3) is 0.250. The molecular weight excluding hydrogens is 290 g/mol. The monoisotopic (exact) mass is 307 g/mol. The summed E-state index contributed by atoms with van der Waals surface area (Å²) in [5.41, 5.74) is 2.90. The maximum absolute atomic E-state index is 4.79. The van der Waals surface area contributed by atoms with Gasteiger partial charge in [0.1, 0.15) is 6.33 Å². The molecule has 0 atom stereocenters. The largest absolute Gasteiger partial charge is 0.365 e. The first-order valence-electron chi connectivity index (χ1n) is 7.68. The van der Waals surface area contributed by atoms with Gasteiger partial charge in [0, 0.05) is 30.8 Å². The molecule has 116 valence electrons. The predicted molar refractivity (Wildman–Crippen MR) is 89.2 cm³/mol. The summed E-state index contributed by atoms with van der Waals surface area (Å²) in [6.45, 7) is 4.92. The van der Waals surface area contributed by atoms with Crippen molar-refractivity contribution in [1.82, 2.24) is 25.1 Å². The SMILES string of the molecule is CCN1CCNc2ncc(-c3ccc(-c4nnc[nH]4)cc3)nc21. The van der Waals surface area contributed by atoms with Gasteiger partial charge < -0.3 is 15.2 Å². The number of aromatic nitrogens is 5. The van der Waals surface area contributed by atoms with Crippen LogP contribution in [0.5, 0.6) is 0 Å². The number of H-pyrrole nitrogens is 1. The smallest absolute Gasteiger partial charge is 0.172 e. The summed E-state index contributed by atoms with van der Waals surface area (Å²) in [7, 11) is 0. The Morgan fingerprint density at radius 3 is 2.74 bits per heavy atom. The van der Waals surface area contributed by atoms with Gasteiger partial charge in [0.05, 0.1) is 11.9 Å².